The van der Waals surface area contributed by atoms with E-state index in [1.165, 1.54) is 0 Å². The minimum atomic E-state index is 0.162. The smallest absolute Gasteiger partial charge is 0.224 e. The van der Waals surface area contributed by atoms with E-state index in [9.17, 15) is 4.79 Å². The number of nitrogens with zero attached hydrogens (tertiary/aromatic N) is 5. The summed E-state index contributed by atoms with van der Waals surface area (Å²) >= 11 is 3.47. The van der Waals surface area contributed by atoms with Crippen molar-refractivity contribution in [2.24, 2.45) is 7.05 Å². The van der Waals surface area contributed by atoms with Gasteiger partial charge in [-0.2, -0.15) is 5.10 Å². The van der Waals surface area contributed by atoms with Crippen LogP contribution in [0.15, 0.2) is 10.9 Å². The molecular formula is C15H21BrN6O2. The number of ether oxygens (including phenoxy) is 1. The minimum Gasteiger partial charge on any atom is -0.384 e. The lowest BCUT2D eigenvalue weighted by Gasteiger charge is -2.32. The van der Waals surface area contributed by atoms with Crippen molar-refractivity contribution < 1.29 is 9.53 Å². The van der Waals surface area contributed by atoms with Crippen LogP contribution in [0.5, 0.6) is 0 Å². The zero-order valence-corrected chi connectivity index (χ0v) is 15.4. The highest BCUT2D eigenvalue weighted by atomic mass is 79.9. The summed E-state index contributed by atoms with van der Waals surface area (Å²) in [5, 5.41) is 8.70. The second-order valence-electron chi connectivity index (χ2n) is 5.88. The molecule has 0 aromatic carbocycles. The maximum Gasteiger partial charge on any atom is 0.224 e. The number of aryl methyl sites for hydroxylation is 1. The van der Waals surface area contributed by atoms with Crippen LogP contribution in [0.1, 0.15) is 19.3 Å². The average Bonchev–Trinajstić information content (AvgIpc) is 2.89. The highest BCUT2D eigenvalue weighted by molar-refractivity contribution is 9.10. The number of aromatic nitrogens is 4. The van der Waals surface area contributed by atoms with Gasteiger partial charge in [0.25, 0.3) is 0 Å². The normalized spacial score (nSPS) is 15.9. The Morgan fingerprint density at radius 1 is 1.42 bits per heavy atom. The second kappa shape index (κ2) is 7.43. The van der Waals surface area contributed by atoms with Crippen molar-refractivity contribution in [1.29, 1.82) is 0 Å². The molecule has 1 amide bonds. The third-order valence-electron chi connectivity index (χ3n) is 4.29. The van der Waals surface area contributed by atoms with Crippen LogP contribution in [0, 0.1) is 0 Å². The molecule has 0 unspecified atom stereocenters. The number of likely N-dealkylation sites (tertiary alicyclic amines) is 1. The largest absolute Gasteiger partial charge is 0.384 e. The van der Waals surface area contributed by atoms with E-state index in [0.29, 0.717) is 13.0 Å². The van der Waals surface area contributed by atoms with Crippen molar-refractivity contribution >= 4 is 38.7 Å². The monoisotopic (exact) mass is 396 g/mol. The summed E-state index contributed by atoms with van der Waals surface area (Å²) < 4.78 is 7.43. The van der Waals surface area contributed by atoms with Crippen LogP contribution in [0.3, 0.4) is 0 Å². The quantitative estimate of drug-likeness (QED) is 0.825. The molecular weight excluding hydrogens is 376 g/mol. The molecule has 130 valence electrons. The summed E-state index contributed by atoms with van der Waals surface area (Å²) in [5.74, 6) is 0.943. The molecule has 1 saturated heterocycles. The topological polar surface area (TPSA) is 85.2 Å². The van der Waals surface area contributed by atoms with Gasteiger partial charge in [-0.1, -0.05) is 0 Å². The van der Waals surface area contributed by atoms with Crippen molar-refractivity contribution in [3.63, 3.8) is 0 Å². The number of piperidine rings is 1. The predicted octanol–water partition coefficient (Wildman–Crippen LogP) is 1.57. The molecule has 1 fully saturated rings. The van der Waals surface area contributed by atoms with Gasteiger partial charge in [0.15, 0.2) is 5.65 Å². The van der Waals surface area contributed by atoms with Crippen molar-refractivity contribution in [3.8, 4) is 0 Å². The fraction of sp³-hybridized carbons (Fsp3) is 0.600. The number of amides is 1. The van der Waals surface area contributed by atoms with E-state index in [1.807, 2.05) is 11.9 Å². The first-order valence-electron chi connectivity index (χ1n) is 7.96. The lowest BCUT2D eigenvalue weighted by molar-refractivity contribution is -0.133. The lowest BCUT2D eigenvalue weighted by Crippen LogP contribution is -2.42. The van der Waals surface area contributed by atoms with Gasteiger partial charge in [-0.25, -0.2) is 14.6 Å². The van der Waals surface area contributed by atoms with Crippen LogP contribution in [0.2, 0.25) is 0 Å². The Labute approximate surface area is 148 Å². The van der Waals surface area contributed by atoms with Crippen LogP contribution in [0.25, 0.3) is 11.0 Å². The molecule has 3 heterocycles. The van der Waals surface area contributed by atoms with E-state index < -0.39 is 0 Å². The zero-order chi connectivity index (χ0) is 17.1. The number of carbonyl (C=O) groups is 1. The Hall–Kier alpha value is -1.74. The maximum atomic E-state index is 12.0. The molecule has 0 radical (unpaired) electrons. The highest BCUT2D eigenvalue weighted by Crippen LogP contribution is 2.28. The van der Waals surface area contributed by atoms with E-state index in [4.69, 9.17) is 4.74 Å². The van der Waals surface area contributed by atoms with E-state index in [2.05, 4.69) is 36.3 Å². The molecule has 1 aliphatic heterocycles. The Kier molecular flexibility index (Phi) is 5.30. The molecule has 0 bridgehead atoms. The first-order valence-corrected chi connectivity index (χ1v) is 8.76. The molecule has 0 aliphatic carbocycles. The Morgan fingerprint density at radius 3 is 2.88 bits per heavy atom. The number of anilines is 1. The van der Waals surface area contributed by atoms with Gasteiger partial charge in [0.1, 0.15) is 16.7 Å². The minimum absolute atomic E-state index is 0.162. The third kappa shape index (κ3) is 3.51. The SMILES string of the molecule is COCCC(=O)N1CCC(Nc2ncnc3c2c(Br)nn3C)CC1. The average molecular weight is 397 g/mol. The molecule has 9 heteroatoms. The summed E-state index contributed by atoms with van der Waals surface area (Å²) in [6, 6.07) is 0.279. The summed E-state index contributed by atoms with van der Waals surface area (Å²) in [6.07, 6.45) is 3.77. The van der Waals surface area contributed by atoms with Crippen LogP contribution in [0.4, 0.5) is 5.82 Å². The van der Waals surface area contributed by atoms with Crippen LogP contribution in [-0.4, -0.2) is 63.4 Å². The molecule has 24 heavy (non-hydrogen) atoms. The first kappa shape index (κ1) is 17.1. The number of fused-ring (bicyclic) bond motifs is 1. The van der Waals surface area contributed by atoms with Crippen LogP contribution >= 0.6 is 15.9 Å². The fourth-order valence-electron chi connectivity index (χ4n) is 2.96. The molecule has 1 N–H and O–H groups in total. The summed E-state index contributed by atoms with van der Waals surface area (Å²) in [5.41, 5.74) is 0.784. The first-order chi connectivity index (χ1) is 11.6. The molecule has 0 atom stereocenters. The Balaban J connectivity index is 1.64. The van der Waals surface area contributed by atoms with Crippen molar-refractivity contribution in [1.82, 2.24) is 24.6 Å². The highest BCUT2D eigenvalue weighted by Gasteiger charge is 2.24. The fourth-order valence-corrected chi connectivity index (χ4v) is 3.57. The zero-order valence-electron chi connectivity index (χ0n) is 13.8. The van der Waals surface area contributed by atoms with Crippen LogP contribution < -0.4 is 5.32 Å². The van der Waals surface area contributed by atoms with Gasteiger partial charge in [-0.05, 0) is 28.8 Å². The molecule has 0 spiro atoms. The number of carbonyl (C=O) groups excluding carboxylic acids is 1. The Bertz CT molecular complexity index is 726. The van der Waals surface area contributed by atoms with Gasteiger partial charge in [0.05, 0.1) is 18.4 Å². The third-order valence-corrected chi connectivity index (χ3v) is 4.84. The summed E-state index contributed by atoms with van der Waals surface area (Å²) in [7, 11) is 3.47. The van der Waals surface area contributed by atoms with E-state index >= 15 is 0 Å². The number of nitrogens with one attached hydrogen (secondary N) is 1. The number of methoxy groups -OCH3 is 1. The summed E-state index contributed by atoms with van der Waals surface area (Å²) in [6.45, 7) is 1.98. The van der Waals surface area contributed by atoms with E-state index in [-0.39, 0.29) is 11.9 Å². The van der Waals surface area contributed by atoms with Crippen molar-refractivity contribution in [2.75, 3.05) is 32.1 Å². The predicted molar refractivity (Wildman–Crippen MR) is 93.7 cm³/mol. The van der Waals surface area contributed by atoms with Gasteiger partial charge in [-0.15, -0.1) is 0 Å². The van der Waals surface area contributed by atoms with E-state index in [1.54, 1.807) is 18.1 Å². The summed E-state index contributed by atoms with van der Waals surface area (Å²) in [4.78, 5) is 22.6. The van der Waals surface area contributed by atoms with Gasteiger partial charge >= 0.3 is 0 Å². The van der Waals surface area contributed by atoms with Crippen LogP contribution in [-0.2, 0) is 16.6 Å². The number of hydrogen-bond acceptors (Lipinski definition) is 6. The van der Waals surface area contributed by atoms with Gasteiger partial charge < -0.3 is 15.0 Å². The van der Waals surface area contributed by atoms with Gasteiger partial charge in [-0.3, -0.25) is 4.79 Å². The second-order valence-corrected chi connectivity index (χ2v) is 6.63. The lowest BCUT2D eigenvalue weighted by atomic mass is 10.0. The van der Waals surface area contributed by atoms with Gasteiger partial charge in [0.2, 0.25) is 5.91 Å². The van der Waals surface area contributed by atoms with Gasteiger partial charge in [0, 0.05) is 33.3 Å². The van der Waals surface area contributed by atoms with E-state index in [0.717, 1.165) is 47.4 Å². The number of rotatable bonds is 5. The van der Waals surface area contributed by atoms with Crippen molar-refractivity contribution in [2.45, 2.75) is 25.3 Å². The maximum absolute atomic E-state index is 12.0. The standard InChI is InChI=1S/C15H21BrN6O2/c1-21-15-12(13(16)20-21)14(17-9-18-15)19-10-3-6-22(7-4-10)11(23)5-8-24-2/h9-10H,3-8H2,1-2H3,(H,17,18,19). The molecule has 2 aromatic heterocycles. The number of hydrogen-bond donors (Lipinski definition) is 1. The molecule has 8 nitrogen and oxygen atoms in total. The molecule has 3 rings (SSSR count). The van der Waals surface area contributed by atoms with Crippen molar-refractivity contribution in [3.05, 3.63) is 10.9 Å². The Morgan fingerprint density at radius 2 is 2.17 bits per heavy atom. The molecule has 2 aromatic rings. The molecule has 1 aliphatic rings. The number of halogens is 1. The molecule has 0 saturated carbocycles.